The summed E-state index contributed by atoms with van der Waals surface area (Å²) < 4.78 is 1.17. The molecule has 56 valence electrons. The molecule has 1 rings (SSSR count). The molecule has 1 heterocycles. The third-order valence-electron chi connectivity index (χ3n) is 1.25. The maximum absolute atomic E-state index is 8.55. The summed E-state index contributed by atoms with van der Waals surface area (Å²) >= 11 is 5.16. The van der Waals surface area contributed by atoms with Gasteiger partial charge in [-0.3, -0.25) is 0 Å². The van der Waals surface area contributed by atoms with Gasteiger partial charge in [-0.1, -0.05) is 0 Å². The van der Waals surface area contributed by atoms with Crippen molar-refractivity contribution in [1.82, 2.24) is 0 Å². The molecule has 0 aliphatic heterocycles. The first-order valence-corrected chi connectivity index (χ1v) is 4.84. The van der Waals surface area contributed by atoms with E-state index < -0.39 is 0 Å². The van der Waals surface area contributed by atoms with Gasteiger partial charge in [0.25, 0.3) is 0 Å². The molecule has 0 saturated heterocycles. The van der Waals surface area contributed by atoms with Gasteiger partial charge in [-0.15, -0.1) is 11.3 Å². The smallest absolute Gasteiger partial charge is 0.0434 e. The molecule has 3 heteroatoms. The molecular weight excluding hydrogens is 212 g/mol. The Morgan fingerprint density at radius 3 is 2.90 bits per heavy atom. The highest BCUT2D eigenvalue weighted by molar-refractivity contribution is 9.10. The van der Waals surface area contributed by atoms with Gasteiger partial charge < -0.3 is 5.11 Å². The summed E-state index contributed by atoms with van der Waals surface area (Å²) in [4.78, 5) is 1.33. The average Bonchev–Trinajstić information content (AvgIpc) is 2.31. The number of aliphatic hydroxyl groups is 1. The van der Waals surface area contributed by atoms with E-state index in [1.807, 2.05) is 6.07 Å². The van der Waals surface area contributed by atoms with E-state index in [9.17, 15) is 0 Å². The van der Waals surface area contributed by atoms with E-state index in [2.05, 4.69) is 21.3 Å². The third kappa shape index (κ3) is 2.08. The summed E-state index contributed by atoms with van der Waals surface area (Å²) in [6.07, 6.45) is 1.84. The highest BCUT2D eigenvalue weighted by Crippen LogP contribution is 2.23. The number of rotatable bonds is 3. The fourth-order valence-electron chi connectivity index (χ4n) is 0.743. The Morgan fingerprint density at radius 2 is 2.40 bits per heavy atom. The predicted octanol–water partition coefficient (Wildman–Crippen LogP) is 2.44. The molecule has 0 unspecified atom stereocenters. The van der Waals surface area contributed by atoms with Crippen LogP contribution in [0, 0.1) is 0 Å². The number of hydrogen-bond donors (Lipinski definition) is 1. The molecule has 0 amide bonds. The number of halogens is 1. The molecule has 1 nitrogen and oxygen atoms in total. The van der Waals surface area contributed by atoms with E-state index in [4.69, 9.17) is 5.11 Å². The molecule has 0 bridgehead atoms. The largest absolute Gasteiger partial charge is 0.396 e. The third-order valence-corrected chi connectivity index (χ3v) is 3.24. The molecule has 0 aromatic carbocycles. The van der Waals surface area contributed by atoms with Crippen LogP contribution in [0.3, 0.4) is 0 Å². The standard InChI is InChI=1S/C7H9BrOS/c8-6-3-5-10-7(6)2-1-4-9/h3,5,9H,1-2,4H2. The van der Waals surface area contributed by atoms with Crippen LogP contribution in [-0.4, -0.2) is 11.7 Å². The number of aryl methyl sites for hydroxylation is 1. The first-order chi connectivity index (χ1) is 4.84. The van der Waals surface area contributed by atoms with E-state index in [0.717, 1.165) is 12.8 Å². The zero-order chi connectivity index (χ0) is 7.40. The zero-order valence-corrected chi connectivity index (χ0v) is 7.91. The number of thiophene rings is 1. The first kappa shape index (κ1) is 8.24. The Labute approximate surface area is 72.8 Å². The molecule has 1 aromatic rings. The van der Waals surface area contributed by atoms with Crippen LogP contribution in [0.1, 0.15) is 11.3 Å². The van der Waals surface area contributed by atoms with Gasteiger partial charge in [0.2, 0.25) is 0 Å². The second-order valence-corrected chi connectivity index (χ2v) is 3.87. The minimum absolute atomic E-state index is 0.282. The van der Waals surface area contributed by atoms with Gasteiger partial charge in [-0.05, 0) is 40.2 Å². The lowest BCUT2D eigenvalue weighted by Gasteiger charge is -1.93. The van der Waals surface area contributed by atoms with Gasteiger partial charge in [0.15, 0.2) is 0 Å². The van der Waals surface area contributed by atoms with Crippen LogP contribution >= 0.6 is 27.3 Å². The zero-order valence-electron chi connectivity index (χ0n) is 5.51. The monoisotopic (exact) mass is 220 g/mol. The van der Waals surface area contributed by atoms with Gasteiger partial charge in [0.05, 0.1) is 0 Å². The summed E-state index contributed by atoms with van der Waals surface area (Å²) in [5, 5.41) is 10.6. The molecule has 1 N–H and O–H groups in total. The Hall–Kier alpha value is 0.140. The van der Waals surface area contributed by atoms with Crippen LogP contribution in [-0.2, 0) is 6.42 Å². The average molecular weight is 221 g/mol. The van der Waals surface area contributed by atoms with Crippen LogP contribution in [0.5, 0.6) is 0 Å². The summed E-state index contributed by atoms with van der Waals surface area (Å²) in [5.74, 6) is 0. The Bertz CT molecular complexity index is 197. The van der Waals surface area contributed by atoms with Gasteiger partial charge in [0.1, 0.15) is 0 Å². The van der Waals surface area contributed by atoms with Crippen molar-refractivity contribution in [3.63, 3.8) is 0 Å². The Kier molecular flexibility index (Phi) is 3.39. The maximum atomic E-state index is 8.55. The molecule has 0 radical (unpaired) electrons. The van der Waals surface area contributed by atoms with Gasteiger partial charge >= 0.3 is 0 Å². The predicted molar refractivity (Wildman–Crippen MR) is 47.4 cm³/mol. The maximum Gasteiger partial charge on any atom is 0.0434 e. The lowest BCUT2D eigenvalue weighted by molar-refractivity contribution is 0.289. The molecule has 0 aliphatic rings. The molecule has 1 aromatic heterocycles. The van der Waals surface area contributed by atoms with Gasteiger partial charge in [0, 0.05) is 16.0 Å². The fraction of sp³-hybridized carbons (Fsp3) is 0.429. The van der Waals surface area contributed by atoms with E-state index >= 15 is 0 Å². The highest BCUT2D eigenvalue weighted by atomic mass is 79.9. The molecule has 10 heavy (non-hydrogen) atoms. The Morgan fingerprint density at radius 1 is 1.60 bits per heavy atom. The van der Waals surface area contributed by atoms with Crippen molar-refractivity contribution in [3.05, 3.63) is 20.8 Å². The van der Waals surface area contributed by atoms with Crippen molar-refractivity contribution >= 4 is 27.3 Å². The van der Waals surface area contributed by atoms with E-state index in [1.54, 1.807) is 11.3 Å². The number of hydrogen-bond acceptors (Lipinski definition) is 2. The summed E-state index contributed by atoms with van der Waals surface area (Å²) in [5.41, 5.74) is 0. The van der Waals surface area contributed by atoms with Crippen LogP contribution in [0.4, 0.5) is 0 Å². The van der Waals surface area contributed by atoms with Crippen molar-refractivity contribution in [2.24, 2.45) is 0 Å². The van der Waals surface area contributed by atoms with Crippen molar-refractivity contribution in [3.8, 4) is 0 Å². The van der Waals surface area contributed by atoms with Crippen molar-refractivity contribution in [2.45, 2.75) is 12.8 Å². The molecule has 0 atom stereocenters. The minimum atomic E-state index is 0.282. The lowest BCUT2D eigenvalue weighted by Crippen LogP contribution is -1.85. The SMILES string of the molecule is OCCCc1sccc1Br. The summed E-state index contributed by atoms with van der Waals surface area (Å²) in [6, 6.07) is 2.04. The molecular formula is C7H9BrOS. The fourth-order valence-corrected chi connectivity index (χ4v) is 2.34. The molecule has 0 saturated carbocycles. The van der Waals surface area contributed by atoms with Crippen LogP contribution in [0.2, 0.25) is 0 Å². The summed E-state index contributed by atoms with van der Waals surface area (Å²) in [6.45, 7) is 0.282. The summed E-state index contributed by atoms with van der Waals surface area (Å²) in [7, 11) is 0. The quantitative estimate of drug-likeness (QED) is 0.831. The van der Waals surface area contributed by atoms with Crippen molar-refractivity contribution < 1.29 is 5.11 Å². The lowest BCUT2D eigenvalue weighted by atomic mass is 10.3. The van der Waals surface area contributed by atoms with Crippen molar-refractivity contribution in [2.75, 3.05) is 6.61 Å². The molecule has 0 spiro atoms. The van der Waals surface area contributed by atoms with E-state index in [-0.39, 0.29) is 6.61 Å². The molecule has 0 fully saturated rings. The van der Waals surface area contributed by atoms with Gasteiger partial charge in [-0.25, -0.2) is 0 Å². The van der Waals surface area contributed by atoms with Crippen LogP contribution in [0.15, 0.2) is 15.9 Å². The number of aliphatic hydroxyl groups excluding tert-OH is 1. The second kappa shape index (κ2) is 4.11. The Balaban J connectivity index is 2.49. The van der Waals surface area contributed by atoms with Crippen molar-refractivity contribution in [1.29, 1.82) is 0 Å². The van der Waals surface area contributed by atoms with Gasteiger partial charge in [-0.2, -0.15) is 0 Å². The minimum Gasteiger partial charge on any atom is -0.396 e. The van der Waals surface area contributed by atoms with E-state index in [0.29, 0.717) is 0 Å². The normalized spacial score (nSPS) is 10.2. The highest BCUT2D eigenvalue weighted by Gasteiger charge is 1.98. The topological polar surface area (TPSA) is 20.2 Å². The van der Waals surface area contributed by atoms with Crippen LogP contribution < -0.4 is 0 Å². The second-order valence-electron chi connectivity index (χ2n) is 2.02. The molecule has 0 aliphatic carbocycles. The van der Waals surface area contributed by atoms with E-state index in [1.165, 1.54) is 9.35 Å². The van der Waals surface area contributed by atoms with Crippen LogP contribution in [0.25, 0.3) is 0 Å². The first-order valence-electron chi connectivity index (χ1n) is 3.17.